The molecule has 1 aromatic carbocycles. The molecule has 0 spiro atoms. The summed E-state index contributed by atoms with van der Waals surface area (Å²) in [5, 5.41) is 3.67. The van der Waals surface area contributed by atoms with Crippen LogP contribution in [0.1, 0.15) is 36.9 Å². The summed E-state index contributed by atoms with van der Waals surface area (Å²) in [6.45, 7) is 7.08. The van der Waals surface area contributed by atoms with Crippen LogP contribution in [-0.4, -0.2) is 26.9 Å². The predicted molar refractivity (Wildman–Crippen MR) is 77.7 cm³/mol. The zero-order valence-electron chi connectivity index (χ0n) is 12.2. The average molecular weight is 263 g/mol. The van der Waals surface area contributed by atoms with Gasteiger partial charge < -0.3 is 14.8 Å². The summed E-state index contributed by atoms with van der Waals surface area (Å²) in [7, 11) is 1.75. The number of ether oxygens (including phenoxy) is 2. The normalized spacial score (nSPS) is 20.5. The van der Waals surface area contributed by atoms with Crippen LogP contribution in [0.25, 0.3) is 0 Å². The van der Waals surface area contributed by atoms with E-state index in [0.717, 1.165) is 38.3 Å². The van der Waals surface area contributed by atoms with Crippen LogP contribution in [0.2, 0.25) is 0 Å². The van der Waals surface area contributed by atoms with Crippen LogP contribution in [0, 0.1) is 12.8 Å². The second kappa shape index (κ2) is 6.92. The van der Waals surface area contributed by atoms with Gasteiger partial charge in [-0.25, -0.2) is 0 Å². The fourth-order valence-corrected chi connectivity index (χ4v) is 2.74. The highest BCUT2D eigenvalue weighted by Crippen LogP contribution is 2.34. The Balaban J connectivity index is 2.27. The first-order valence-electron chi connectivity index (χ1n) is 7.22. The molecule has 1 N–H and O–H groups in total. The third kappa shape index (κ3) is 3.48. The van der Waals surface area contributed by atoms with Crippen molar-refractivity contribution in [3.63, 3.8) is 0 Å². The van der Waals surface area contributed by atoms with Gasteiger partial charge in [0.2, 0.25) is 0 Å². The van der Waals surface area contributed by atoms with Crippen molar-refractivity contribution in [2.75, 3.05) is 26.9 Å². The van der Waals surface area contributed by atoms with Gasteiger partial charge in [-0.1, -0.05) is 24.6 Å². The number of aryl methyl sites for hydroxylation is 1. The molecule has 106 valence electrons. The maximum Gasteiger partial charge on any atom is 0.123 e. The molecule has 19 heavy (non-hydrogen) atoms. The van der Waals surface area contributed by atoms with E-state index < -0.39 is 0 Å². The maximum atomic E-state index is 5.56. The summed E-state index contributed by atoms with van der Waals surface area (Å²) in [6.07, 6.45) is 2.26. The minimum absolute atomic E-state index is 0.331. The highest BCUT2D eigenvalue weighted by molar-refractivity contribution is 5.39. The molecule has 0 bridgehead atoms. The van der Waals surface area contributed by atoms with Crippen LogP contribution in [-0.2, 0) is 4.74 Å². The number of hydrogen-bond donors (Lipinski definition) is 1. The Bertz CT molecular complexity index is 400. The highest BCUT2D eigenvalue weighted by Gasteiger charge is 2.28. The van der Waals surface area contributed by atoms with Gasteiger partial charge in [-0.3, -0.25) is 0 Å². The van der Waals surface area contributed by atoms with Crippen molar-refractivity contribution in [2.24, 2.45) is 5.92 Å². The fraction of sp³-hybridized carbons (Fsp3) is 0.625. The summed E-state index contributed by atoms with van der Waals surface area (Å²) in [6, 6.07) is 6.74. The van der Waals surface area contributed by atoms with Crippen molar-refractivity contribution in [2.45, 2.75) is 32.7 Å². The number of rotatable bonds is 6. The molecule has 1 aliphatic rings. The van der Waals surface area contributed by atoms with Gasteiger partial charge in [0.05, 0.1) is 13.7 Å². The molecule has 1 aliphatic heterocycles. The van der Waals surface area contributed by atoms with Crippen LogP contribution in [0.3, 0.4) is 0 Å². The fourth-order valence-electron chi connectivity index (χ4n) is 2.74. The van der Waals surface area contributed by atoms with Crippen LogP contribution in [0.4, 0.5) is 0 Å². The van der Waals surface area contributed by atoms with E-state index in [0.29, 0.717) is 12.0 Å². The second-order valence-corrected chi connectivity index (χ2v) is 5.30. The van der Waals surface area contributed by atoms with Gasteiger partial charge >= 0.3 is 0 Å². The minimum atomic E-state index is 0.331. The quantitative estimate of drug-likeness (QED) is 0.855. The lowest BCUT2D eigenvalue weighted by atomic mass is 9.90. The van der Waals surface area contributed by atoms with Gasteiger partial charge in [-0.2, -0.15) is 0 Å². The molecule has 2 rings (SSSR count). The van der Waals surface area contributed by atoms with Crippen molar-refractivity contribution in [1.82, 2.24) is 5.32 Å². The Morgan fingerprint density at radius 3 is 2.95 bits per heavy atom. The average Bonchev–Trinajstić information content (AvgIpc) is 2.93. The molecular formula is C16H25NO2. The second-order valence-electron chi connectivity index (χ2n) is 5.30. The van der Waals surface area contributed by atoms with E-state index in [9.17, 15) is 0 Å². The molecule has 1 heterocycles. The predicted octanol–water partition coefficient (Wildman–Crippen LogP) is 3.08. The first-order valence-corrected chi connectivity index (χ1v) is 7.22. The minimum Gasteiger partial charge on any atom is -0.496 e. The summed E-state index contributed by atoms with van der Waals surface area (Å²) >= 11 is 0. The Kier molecular flexibility index (Phi) is 5.23. The molecule has 0 radical (unpaired) electrons. The molecule has 0 aliphatic carbocycles. The first-order chi connectivity index (χ1) is 9.26. The number of methoxy groups -OCH3 is 1. The van der Waals surface area contributed by atoms with Gasteiger partial charge in [0.25, 0.3) is 0 Å². The number of benzene rings is 1. The molecule has 1 fully saturated rings. The molecule has 1 aromatic rings. The molecule has 3 nitrogen and oxygen atoms in total. The van der Waals surface area contributed by atoms with Crippen molar-refractivity contribution in [3.8, 4) is 5.75 Å². The summed E-state index contributed by atoms with van der Waals surface area (Å²) in [5.74, 6) is 1.52. The lowest BCUT2D eigenvalue weighted by Gasteiger charge is -2.26. The smallest absolute Gasteiger partial charge is 0.123 e. The standard InChI is InChI=1S/C16H25NO2/c1-4-8-17-16(13-7-9-19-11-13)14-10-12(2)5-6-15(14)18-3/h5-6,10,13,16-17H,4,7-9,11H2,1-3H3. The van der Waals surface area contributed by atoms with Crippen molar-refractivity contribution < 1.29 is 9.47 Å². The van der Waals surface area contributed by atoms with E-state index in [1.807, 2.05) is 0 Å². The van der Waals surface area contributed by atoms with Crippen LogP contribution in [0.15, 0.2) is 18.2 Å². The first kappa shape index (κ1) is 14.4. The summed E-state index contributed by atoms with van der Waals surface area (Å²) in [5.41, 5.74) is 2.55. The molecule has 0 aromatic heterocycles. The van der Waals surface area contributed by atoms with E-state index in [1.165, 1.54) is 11.1 Å². The Morgan fingerprint density at radius 1 is 1.47 bits per heavy atom. The van der Waals surface area contributed by atoms with Crippen LogP contribution < -0.4 is 10.1 Å². The van der Waals surface area contributed by atoms with Crippen LogP contribution in [0.5, 0.6) is 5.75 Å². The zero-order chi connectivity index (χ0) is 13.7. The molecule has 1 saturated heterocycles. The van der Waals surface area contributed by atoms with Crippen molar-refractivity contribution >= 4 is 0 Å². The van der Waals surface area contributed by atoms with Gasteiger partial charge in [-0.15, -0.1) is 0 Å². The lowest BCUT2D eigenvalue weighted by molar-refractivity contribution is 0.176. The Labute approximate surface area is 116 Å². The number of hydrogen-bond acceptors (Lipinski definition) is 3. The van der Waals surface area contributed by atoms with E-state index in [1.54, 1.807) is 7.11 Å². The van der Waals surface area contributed by atoms with Gasteiger partial charge in [0, 0.05) is 24.1 Å². The zero-order valence-corrected chi connectivity index (χ0v) is 12.2. The van der Waals surface area contributed by atoms with Crippen LogP contribution >= 0.6 is 0 Å². The molecule has 2 atom stereocenters. The van der Waals surface area contributed by atoms with Gasteiger partial charge in [0.1, 0.15) is 5.75 Å². The number of nitrogens with one attached hydrogen (secondary N) is 1. The maximum absolute atomic E-state index is 5.56. The monoisotopic (exact) mass is 263 g/mol. The van der Waals surface area contributed by atoms with E-state index >= 15 is 0 Å². The molecule has 2 unspecified atom stereocenters. The van der Waals surface area contributed by atoms with E-state index in [2.05, 4.69) is 37.4 Å². The topological polar surface area (TPSA) is 30.5 Å². The highest BCUT2D eigenvalue weighted by atomic mass is 16.5. The third-order valence-corrected chi connectivity index (χ3v) is 3.77. The third-order valence-electron chi connectivity index (χ3n) is 3.77. The SMILES string of the molecule is CCCNC(c1cc(C)ccc1OC)C1CCOC1. The van der Waals surface area contributed by atoms with Crippen molar-refractivity contribution in [3.05, 3.63) is 29.3 Å². The lowest BCUT2D eigenvalue weighted by Crippen LogP contribution is -2.29. The molecule has 0 amide bonds. The molecule has 0 saturated carbocycles. The van der Waals surface area contributed by atoms with E-state index in [4.69, 9.17) is 9.47 Å². The molecule has 3 heteroatoms. The van der Waals surface area contributed by atoms with E-state index in [-0.39, 0.29) is 0 Å². The largest absolute Gasteiger partial charge is 0.496 e. The van der Waals surface area contributed by atoms with Crippen molar-refractivity contribution in [1.29, 1.82) is 0 Å². The summed E-state index contributed by atoms with van der Waals surface area (Å²) in [4.78, 5) is 0. The Hall–Kier alpha value is -1.06. The Morgan fingerprint density at radius 2 is 2.32 bits per heavy atom. The summed E-state index contributed by atoms with van der Waals surface area (Å²) < 4.78 is 11.1. The van der Waals surface area contributed by atoms with Gasteiger partial charge in [0.15, 0.2) is 0 Å². The van der Waals surface area contributed by atoms with Gasteiger partial charge in [-0.05, 0) is 32.4 Å². The molecular weight excluding hydrogens is 238 g/mol.